The molecule has 4 nitrogen and oxygen atoms in total. The van der Waals surface area contributed by atoms with Crippen molar-refractivity contribution in [3.8, 4) is 0 Å². The lowest BCUT2D eigenvalue weighted by atomic mass is 10.3. The number of aliphatic imine (C=N–C) groups is 1. The number of nitrogens with zero attached hydrogens (tertiary/aromatic N) is 1. The van der Waals surface area contributed by atoms with E-state index < -0.39 is 0 Å². The SMILES string of the molecule is N/C(=C/C1=NCCO1)c1ccco1. The zero-order valence-electron chi connectivity index (χ0n) is 7.06. The molecule has 2 N–H and O–H groups in total. The molecule has 2 heterocycles. The van der Waals surface area contributed by atoms with E-state index in [1.165, 1.54) is 0 Å². The second-order valence-corrected chi connectivity index (χ2v) is 2.65. The highest BCUT2D eigenvalue weighted by molar-refractivity contribution is 5.94. The van der Waals surface area contributed by atoms with E-state index in [0.717, 1.165) is 0 Å². The predicted octanol–water partition coefficient (Wildman–Crippen LogP) is 1.01. The van der Waals surface area contributed by atoms with Gasteiger partial charge in [-0.05, 0) is 12.1 Å². The maximum absolute atomic E-state index is 5.73. The Morgan fingerprint density at radius 2 is 2.54 bits per heavy atom. The van der Waals surface area contributed by atoms with E-state index in [0.29, 0.717) is 30.5 Å². The van der Waals surface area contributed by atoms with E-state index in [9.17, 15) is 0 Å². The van der Waals surface area contributed by atoms with Crippen LogP contribution in [-0.4, -0.2) is 19.0 Å². The molecule has 0 saturated carbocycles. The van der Waals surface area contributed by atoms with Gasteiger partial charge in [0.25, 0.3) is 0 Å². The molecule has 13 heavy (non-hydrogen) atoms. The third-order valence-electron chi connectivity index (χ3n) is 1.69. The lowest BCUT2D eigenvalue weighted by Gasteiger charge is -1.97. The van der Waals surface area contributed by atoms with E-state index in [4.69, 9.17) is 14.9 Å². The van der Waals surface area contributed by atoms with Gasteiger partial charge in [0.15, 0.2) is 0 Å². The number of furan rings is 1. The lowest BCUT2D eigenvalue weighted by molar-refractivity contribution is 0.350. The number of nitrogens with two attached hydrogens (primary N) is 1. The van der Waals surface area contributed by atoms with Gasteiger partial charge in [-0.25, -0.2) is 4.99 Å². The van der Waals surface area contributed by atoms with Gasteiger partial charge in [0, 0.05) is 6.08 Å². The van der Waals surface area contributed by atoms with Crippen LogP contribution in [0.2, 0.25) is 0 Å². The van der Waals surface area contributed by atoms with Crippen molar-refractivity contribution in [3.05, 3.63) is 30.2 Å². The van der Waals surface area contributed by atoms with Crippen LogP contribution in [0.3, 0.4) is 0 Å². The van der Waals surface area contributed by atoms with Gasteiger partial charge >= 0.3 is 0 Å². The fraction of sp³-hybridized carbons (Fsp3) is 0.222. The summed E-state index contributed by atoms with van der Waals surface area (Å²) in [6, 6.07) is 3.58. The highest BCUT2D eigenvalue weighted by Crippen LogP contribution is 2.10. The van der Waals surface area contributed by atoms with Crippen molar-refractivity contribution in [2.75, 3.05) is 13.2 Å². The van der Waals surface area contributed by atoms with Gasteiger partial charge < -0.3 is 14.9 Å². The van der Waals surface area contributed by atoms with Gasteiger partial charge in [-0.2, -0.15) is 0 Å². The first-order chi connectivity index (χ1) is 6.36. The summed E-state index contributed by atoms with van der Waals surface area (Å²) in [6.07, 6.45) is 3.25. The summed E-state index contributed by atoms with van der Waals surface area (Å²) in [5, 5.41) is 0. The Labute approximate surface area is 75.7 Å². The number of hydrogen-bond acceptors (Lipinski definition) is 4. The molecule has 0 unspecified atom stereocenters. The average molecular weight is 178 g/mol. The van der Waals surface area contributed by atoms with E-state index in [-0.39, 0.29) is 0 Å². The van der Waals surface area contributed by atoms with E-state index >= 15 is 0 Å². The van der Waals surface area contributed by atoms with Crippen molar-refractivity contribution in [1.29, 1.82) is 0 Å². The minimum absolute atomic E-state index is 0.533. The molecule has 0 fully saturated rings. The smallest absolute Gasteiger partial charge is 0.210 e. The Morgan fingerprint density at radius 1 is 1.62 bits per heavy atom. The zero-order valence-corrected chi connectivity index (χ0v) is 7.06. The van der Waals surface area contributed by atoms with Crippen molar-refractivity contribution in [2.45, 2.75) is 0 Å². The predicted molar refractivity (Wildman–Crippen MR) is 49.1 cm³/mol. The van der Waals surface area contributed by atoms with Gasteiger partial charge in [0.05, 0.1) is 18.5 Å². The highest BCUT2D eigenvalue weighted by Gasteiger charge is 2.06. The van der Waals surface area contributed by atoms with Crippen LogP contribution in [0.1, 0.15) is 5.76 Å². The lowest BCUT2D eigenvalue weighted by Crippen LogP contribution is -2.01. The molecule has 0 bridgehead atoms. The molecule has 2 rings (SSSR count). The van der Waals surface area contributed by atoms with Crippen LogP contribution in [0.25, 0.3) is 5.70 Å². The van der Waals surface area contributed by atoms with Crippen LogP contribution in [0.5, 0.6) is 0 Å². The maximum atomic E-state index is 5.73. The molecule has 0 amide bonds. The molecule has 0 aliphatic carbocycles. The standard InChI is InChI=1S/C9H10N2O2/c10-7(8-2-1-4-12-8)6-9-11-3-5-13-9/h1-2,4,6H,3,5,10H2/b7-6+. The first-order valence-electron chi connectivity index (χ1n) is 4.04. The molecule has 4 heteroatoms. The number of hydrogen-bond donors (Lipinski definition) is 1. The summed E-state index contributed by atoms with van der Waals surface area (Å²) in [7, 11) is 0. The van der Waals surface area contributed by atoms with Gasteiger partial charge in [-0.3, -0.25) is 0 Å². The van der Waals surface area contributed by atoms with E-state index in [1.54, 1.807) is 24.5 Å². The second-order valence-electron chi connectivity index (χ2n) is 2.65. The minimum atomic E-state index is 0.533. The molecule has 1 aromatic rings. The minimum Gasteiger partial charge on any atom is -0.476 e. The Balaban J connectivity index is 2.16. The maximum Gasteiger partial charge on any atom is 0.210 e. The summed E-state index contributed by atoms with van der Waals surface area (Å²) in [5.74, 6) is 1.21. The topological polar surface area (TPSA) is 60.8 Å². The Hall–Kier alpha value is -1.71. The molecule has 68 valence electrons. The van der Waals surface area contributed by atoms with Gasteiger partial charge in [0.2, 0.25) is 5.90 Å². The quantitative estimate of drug-likeness (QED) is 0.735. The molecule has 1 aromatic heterocycles. The summed E-state index contributed by atoms with van der Waals surface area (Å²) in [4.78, 5) is 4.08. The summed E-state index contributed by atoms with van der Waals surface area (Å²) in [6.45, 7) is 1.34. The van der Waals surface area contributed by atoms with Gasteiger partial charge in [-0.1, -0.05) is 0 Å². The highest BCUT2D eigenvalue weighted by atomic mass is 16.5. The van der Waals surface area contributed by atoms with Crippen molar-refractivity contribution >= 4 is 11.6 Å². The number of rotatable bonds is 2. The average Bonchev–Trinajstić information content (AvgIpc) is 2.74. The Morgan fingerprint density at radius 3 is 3.15 bits per heavy atom. The molecular weight excluding hydrogens is 168 g/mol. The van der Waals surface area contributed by atoms with Crippen molar-refractivity contribution in [2.24, 2.45) is 10.7 Å². The monoisotopic (exact) mass is 178 g/mol. The van der Waals surface area contributed by atoms with Crippen LogP contribution in [0.4, 0.5) is 0 Å². The molecule has 1 aliphatic rings. The Bertz CT molecular complexity index is 339. The fourth-order valence-corrected chi connectivity index (χ4v) is 1.09. The first-order valence-corrected chi connectivity index (χ1v) is 4.04. The largest absolute Gasteiger partial charge is 0.476 e. The first kappa shape index (κ1) is 7.91. The molecule has 0 spiro atoms. The normalized spacial score (nSPS) is 16.9. The number of ether oxygens (including phenoxy) is 1. The molecule has 0 saturated heterocycles. The van der Waals surface area contributed by atoms with Crippen LogP contribution in [-0.2, 0) is 4.74 Å². The van der Waals surface area contributed by atoms with Crippen molar-refractivity contribution < 1.29 is 9.15 Å². The third-order valence-corrected chi connectivity index (χ3v) is 1.69. The van der Waals surface area contributed by atoms with Crippen LogP contribution in [0, 0.1) is 0 Å². The molecule has 0 aromatic carbocycles. The molecule has 0 atom stereocenters. The summed E-state index contributed by atoms with van der Waals surface area (Å²) < 4.78 is 10.3. The van der Waals surface area contributed by atoms with E-state index in [2.05, 4.69) is 4.99 Å². The molecule has 1 aliphatic heterocycles. The van der Waals surface area contributed by atoms with Crippen molar-refractivity contribution in [1.82, 2.24) is 0 Å². The van der Waals surface area contributed by atoms with Crippen molar-refractivity contribution in [3.63, 3.8) is 0 Å². The Kier molecular flexibility index (Phi) is 2.04. The zero-order chi connectivity index (χ0) is 9.10. The molecular formula is C9H10N2O2. The van der Waals surface area contributed by atoms with Crippen LogP contribution < -0.4 is 5.73 Å². The van der Waals surface area contributed by atoms with Gasteiger partial charge in [-0.15, -0.1) is 0 Å². The summed E-state index contributed by atoms with van der Waals surface area (Å²) >= 11 is 0. The van der Waals surface area contributed by atoms with Crippen LogP contribution in [0.15, 0.2) is 33.9 Å². The third kappa shape index (κ3) is 1.72. The molecule has 0 radical (unpaired) electrons. The fourth-order valence-electron chi connectivity index (χ4n) is 1.09. The van der Waals surface area contributed by atoms with Gasteiger partial charge in [0.1, 0.15) is 12.4 Å². The second kappa shape index (κ2) is 3.35. The summed E-state index contributed by atoms with van der Waals surface area (Å²) in [5.41, 5.74) is 6.26. The van der Waals surface area contributed by atoms with Crippen LogP contribution >= 0.6 is 0 Å². The van der Waals surface area contributed by atoms with E-state index in [1.807, 2.05) is 0 Å².